The molecule has 1 aromatic carbocycles. The van der Waals surface area contributed by atoms with Gasteiger partial charge in [-0.05, 0) is 37.3 Å². The zero-order valence-corrected chi connectivity index (χ0v) is 11.4. The molecule has 0 saturated heterocycles. The second-order valence-corrected chi connectivity index (χ2v) is 5.47. The first-order valence-corrected chi connectivity index (χ1v) is 7.06. The molecule has 1 heterocycles. The molecular weight excluding hydrogens is 278 g/mol. The van der Waals surface area contributed by atoms with Gasteiger partial charge in [-0.15, -0.1) is 0 Å². The lowest BCUT2D eigenvalue weighted by Gasteiger charge is -2.22. The zero-order chi connectivity index (χ0) is 14.8. The lowest BCUT2D eigenvalue weighted by Crippen LogP contribution is -2.17. The summed E-state index contributed by atoms with van der Waals surface area (Å²) in [6, 6.07) is 3.44. The number of aromatic nitrogens is 2. The molecule has 3 rings (SSSR count). The molecule has 1 aliphatic carbocycles. The number of aliphatic hydroxyl groups is 1. The Bertz CT molecular complexity index is 622. The molecule has 1 aliphatic rings. The quantitative estimate of drug-likeness (QED) is 0.945. The maximum Gasteiger partial charge on any atom is 0.229 e. The second-order valence-electron chi connectivity index (χ2n) is 5.47. The Balaban J connectivity index is 1.70. The summed E-state index contributed by atoms with van der Waals surface area (Å²) in [6.07, 6.45) is 3.02. The van der Waals surface area contributed by atoms with Crippen molar-refractivity contribution in [2.75, 3.05) is 0 Å². The molecule has 2 aromatic rings. The lowest BCUT2D eigenvalue weighted by atomic mass is 9.87. The maximum atomic E-state index is 13.6. The molecule has 0 bridgehead atoms. The molecule has 112 valence electrons. The number of rotatable bonds is 3. The normalized spacial score (nSPS) is 22.4. The van der Waals surface area contributed by atoms with Crippen LogP contribution in [0.4, 0.5) is 8.78 Å². The zero-order valence-electron chi connectivity index (χ0n) is 11.4. The van der Waals surface area contributed by atoms with E-state index >= 15 is 0 Å². The Morgan fingerprint density at radius 1 is 1.19 bits per heavy atom. The van der Waals surface area contributed by atoms with Gasteiger partial charge < -0.3 is 9.63 Å². The van der Waals surface area contributed by atoms with Crippen molar-refractivity contribution in [3.8, 4) is 0 Å². The molecule has 0 amide bonds. The van der Waals surface area contributed by atoms with Crippen LogP contribution in [-0.2, 0) is 6.42 Å². The van der Waals surface area contributed by atoms with Gasteiger partial charge in [-0.2, -0.15) is 4.98 Å². The van der Waals surface area contributed by atoms with Crippen molar-refractivity contribution in [2.45, 2.75) is 44.1 Å². The topological polar surface area (TPSA) is 59.2 Å². The van der Waals surface area contributed by atoms with E-state index < -0.39 is 11.6 Å². The van der Waals surface area contributed by atoms with Gasteiger partial charge in [-0.1, -0.05) is 11.2 Å². The van der Waals surface area contributed by atoms with E-state index in [1.165, 1.54) is 12.1 Å². The van der Waals surface area contributed by atoms with Crippen LogP contribution in [0.15, 0.2) is 22.7 Å². The summed E-state index contributed by atoms with van der Waals surface area (Å²) >= 11 is 0. The average molecular weight is 294 g/mol. The van der Waals surface area contributed by atoms with Crippen LogP contribution in [0.1, 0.15) is 48.9 Å². The molecule has 0 unspecified atom stereocenters. The van der Waals surface area contributed by atoms with Crippen molar-refractivity contribution in [2.24, 2.45) is 0 Å². The van der Waals surface area contributed by atoms with Crippen molar-refractivity contribution < 1.29 is 18.4 Å². The molecular formula is C15H16F2N2O2. The summed E-state index contributed by atoms with van der Waals surface area (Å²) in [4.78, 5) is 4.30. The monoisotopic (exact) mass is 294 g/mol. The van der Waals surface area contributed by atoms with Crippen LogP contribution in [0.5, 0.6) is 0 Å². The number of hydrogen-bond acceptors (Lipinski definition) is 4. The standard InChI is InChI=1S/C15H16F2N2O2/c16-11-4-1-10(13(17)8-11)7-14-18-15(21-19-14)9-2-5-12(20)6-3-9/h1,4,8-9,12,20H,2-3,5-7H2. The predicted octanol–water partition coefficient (Wildman–Crippen LogP) is 2.96. The summed E-state index contributed by atoms with van der Waals surface area (Å²) < 4.78 is 31.7. The highest BCUT2D eigenvalue weighted by atomic mass is 19.1. The van der Waals surface area contributed by atoms with Gasteiger partial charge in [0.1, 0.15) is 11.6 Å². The minimum atomic E-state index is -0.609. The summed E-state index contributed by atoms with van der Waals surface area (Å²) in [5.41, 5.74) is 0.336. The third-order valence-electron chi connectivity index (χ3n) is 3.89. The Morgan fingerprint density at radius 2 is 1.95 bits per heavy atom. The largest absolute Gasteiger partial charge is 0.393 e. The van der Waals surface area contributed by atoms with E-state index in [9.17, 15) is 13.9 Å². The summed E-state index contributed by atoms with van der Waals surface area (Å²) in [7, 11) is 0. The SMILES string of the molecule is OC1CCC(c2nc(Cc3ccc(F)cc3F)no2)CC1. The highest BCUT2D eigenvalue weighted by Crippen LogP contribution is 2.31. The Hall–Kier alpha value is -1.82. The van der Waals surface area contributed by atoms with E-state index in [-0.39, 0.29) is 18.4 Å². The van der Waals surface area contributed by atoms with E-state index in [0.29, 0.717) is 17.3 Å². The minimum Gasteiger partial charge on any atom is -0.393 e. The van der Waals surface area contributed by atoms with E-state index in [4.69, 9.17) is 4.52 Å². The van der Waals surface area contributed by atoms with Crippen molar-refractivity contribution >= 4 is 0 Å². The molecule has 21 heavy (non-hydrogen) atoms. The molecule has 0 aliphatic heterocycles. The smallest absolute Gasteiger partial charge is 0.229 e. The third kappa shape index (κ3) is 3.26. The van der Waals surface area contributed by atoms with E-state index in [2.05, 4.69) is 10.1 Å². The van der Waals surface area contributed by atoms with Crippen LogP contribution in [0, 0.1) is 11.6 Å². The van der Waals surface area contributed by atoms with Crippen LogP contribution in [-0.4, -0.2) is 21.4 Å². The fraction of sp³-hybridized carbons (Fsp3) is 0.467. The fourth-order valence-corrected chi connectivity index (χ4v) is 2.66. The highest BCUT2D eigenvalue weighted by Gasteiger charge is 2.25. The van der Waals surface area contributed by atoms with E-state index in [1.54, 1.807) is 0 Å². The first-order chi connectivity index (χ1) is 10.1. The van der Waals surface area contributed by atoms with Gasteiger partial charge in [0.2, 0.25) is 5.89 Å². The first kappa shape index (κ1) is 14.1. The molecule has 0 spiro atoms. The number of halogens is 2. The molecule has 0 radical (unpaired) electrons. The molecule has 0 atom stereocenters. The van der Waals surface area contributed by atoms with Gasteiger partial charge in [0.05, 0.1) is 6.10 Å². The number of benzene rings is 1. The lowest BCUT2D eigenvalue weighted by molar-refractivity contribution is 0.116. The molecule has 1 aromatic heterocycles. The third-order valence-corrected chi connectivity index (χ3v) is 3.89. The maximum absolute atomic E-state index is 13.6. The second kappa shape index (κ2) is 5.89. The molecule has 1 N–H and O–H groups in total. The summed E-state index contributed by atoms with van der Waals surface area (Å²) in [5, 5.41) is 13.3. The minimum absolute atomic E-state index is 0.160. The summed E-state index contributed by atoms with van der Waals surface area (Å²) in [5.74, 6) is -0.123. The Kier molecular flexibility index (Phi) is 3.96. The van der Waals surface area contributed by atoms with Crippen LogP contribution in [0.25, 0.3) is 0 Å². The van der Waals surface area contributed by atoms with Crippen molar-refractivity contribution in [1.82, 2.24) is 10.1 Å². The molecule has 1 fully saturated rings. The highest BCUT2D eigenvalue weighted by molar-refractivity contribution is 5.21. The van der Waals surface area contributed by atoms with Crippen molar-refractivity contribution in [3.63, 3.8) is 0 Å². The average Bonchev–Trinajstić information content (AvgIpc) is 2.91. The van der Waals surface area contributed by atoms with Crippen molar-refractivity contribution in [3.05, 3.63) is 47.1 Å². The van der Waals surface area contributed by atoms with Gasteiger partial charge in [-0.25, -0.2) is 8.78 Å². The van der Waals surface area contributed by atoms with Gasteiger partial charge >= 0.3 is 0 Å². The number of hydrogen-bond donors (Lipinski definition) is 1. The van der Waals surface area contributed by atoms with Gasteiger partial charge in [0.15, 0.2) is 5.82 Å². The molecule has 1 saturated carbocycles. The molecule has 6 heteroatoms. The van der Waals surface area contributed by atoms with Gasteiger partial charge in [0.25, 0.3) is 0 Å². The Morgan fingerprint density at radius 3 is 2.67 bits per heavy atom. The number of aliphatic hydroxyl groups excluding tert-OH is 1. The number of nitrogens with zero attached hydrogens (tertiary/aromatic N) is 2. The van der Waals surface area contributed by atoms with E-state index in [0.717, 1.165) is 31.7 Å². The van der Waals surface area contributed by atoms with Crippen LogP contribution in [0.2, 0.25) is 0 Å². The Labute approximate surface area is 120 Å². The summed E-state index contributed by atoms with van der Waals surface area (Å²) in [6.45, 7) is 0. The van der Waals surface area contributed by atoms with Crippen LogP contribution in [0.3, 0.4) is 0 Å². The van der Waals surface area contributed by atoms with Gasteiger partial charge in [0, 0.05) is 18.4 Å². The fourth-order valence-electron chi connectivity index (χ4n) is 2.66. The van der Waals surface area contributed by atoms with Crippen LogP contribution >= 0.6 is 0 Å². The van der Waals surface area contributed by atoms with Crippen molar-refractivity contribution in [1.29, 1.82) is 0 Å². The van der Waals surface area contributed by atoms with Gasteiger partial charge in [-0.3, -0.25) is 0 Å². The van der Waals surface area contributed by atoms with Crippen LogP contribution < -0.4 is 0 Å². The predicted molar refractivity (Wildman–Crippen MR) is 70.7 cm³/mol. The first-order valence-electron chi connectivity index (χ1n) is 7.06. The van der Waals surface area contributed by atoms with E-state index in [1.807, 2.05) is 0 Å². The molecule has 4 nitrogen and oxygen atoms in total.